The van der Waals surface area contributed by atoms with Crippen molar-refractivity contribution in [3.05, 3.63) is 28.7 Å². The van der Waals surface area contributed by atoms with E-state index in [-0.39, 0.29) is 0 Å². The molecule has 0 aromatic heterocycles. The Hall–Kier alpha value is -0.540. The molecule has 2 saturated carbocycles. The molecule has 0 bridgehead atoms. The molecule has 0 heterocycles. The Morgan fingerprint density at radius 2 is 1.94 bits per heavy atom. The van der Waals surface area contributed by atoms with E-state index in [0.29, 0.717) is 5.41 Å². The van der Waals surface area contributed by atoms with Gasteiger partial charge in [0.15, 0.2) is 0 Å². The normalized spacial score (nSPS) is 20.7. The first-order valence-electron chi connectivity index (χ1n) is 6.88. The predicted molar refractivity (Wildman–Crippen MR) is 76.9 cm³/mol. The molecule has 1 N–H and O–H groups in total. The molecule has 1 aromatic rings. The van der Waals surface area contributed by atoms with Crippen LogP contribution in [0, 0.1) is 5.41 Å². The summed E-state index contributed by atoms with van der Waals surface area (Å²) in [6.07, 6.45) is 6.69. The van der Waals surface area contributed by atoms with Crippen molar-refractivity contribution in [1.29, 1.82) is 0 Å². The summed E-state index contributed by atoms with van der Waals surface area (Å²) in [6, 6.07) is 8.92. The summed E-state index contributed by atoms with van der Waals surface area (Å²) in [7, 11) is 0. The Morgan fingerprint density at radius 1 is 1.22 bits per heavy atom. The molecule has 0 spiro atoms. The highest BCUT2D eigenvalue weighted by Crippen LogP contribution is 2.48. The van der Waals surface area contributed by atoms with Crippen molar-refractivity contribution in [3.8, 4) is 5.75 Å². The summed E-state index contributed by atoms with van der Waals surface area (Å²) in [5.41, 5.74) is 0.554. The van der Waals surface area contributed by atoms with Crippen LogP contribution in [0.3, 0.4) is 0 Å². The third-order valence-corrected chi connectivity index (χ3v) is 4.54. The quantitative estimate of drug-likeness (QED) is 0.828. The number of hydrogen-bond donors (Lipinski definition) is 1. The van der Waals surface area contributed by atoms with Crippen molar-refractivity contribution in [2.75, 3.05) is 13.2 Å². The third kappa shape index (κ3) is 3.48. The molecule has 2 fully saturated rings. The van der Waals surface area contributed by atoms with E-state index in [2.05, 4.69) is 21.2 Å². The first kappa shape index (κ1) is 12.5. The molecule has 2 nitrogen and oxygen atoms in total. The van der Waals surface area contributed by atoms with Crippen LogP contribution >= 0.6 is 15.9 Å². The Labute approximate surface area is 117 Å². The van der Waals surface area contributed by atoms with Crippen LogP contribution < -0.4 is 10.1 Å². The lowest BCUT2D eigenvalue weighted by Crippen LogP contribution is -2.27. The maximum atomic E-state index is 5.81. The molecule has 0 amide bonds. The Balaban J connectivity index is 1.39. The monoisotopic (exact) mass is 309 g/mol. The van der Waals surface area contributed by atoms with E-state index in [9.17, 15) is 0 Å². The number of hydrogen-bond acceptors (Lipinski definition) is 2. The maximum Gasteiger partial charge on any atom is 0.119 e. The summed E-state index contributed by atoms with van der Waals surface area (Å²) in [5, 5.41) is 3.65. The van der Waals surface area contributed by atoms with Crippen molar-refractivity contribution in [1.82, 2.24) is 5.32 Å². The van der Waals surface area contributed by atoms with Gasteiger partial charge in [0.25, 0.3) is 0 Å². The number of nitrogens with one attached hydrogen (secondary N) is 1. The Morgan fingerprint density at radius 3 is 2.56 bits per heavy atom. The molecule has 2 aliphatic rings. The number of rotatable bonds is 7. The van der Waals surface area contributed by atoms with Crippen molar-refractivity contribution in [2.24, 2.45) is 5.41 Å². The molecule has 2 aliphatic carbocycles. The van der Waals surface area contributed by atoms with Crippen LogP contribution in [0.25, 0.3) is 0 Å². The zero-order valence-electron chi connectivity index (χ0n) is 10.6. The van der Waals surface area contributed by atoms with Crippen LogP contribution in [0.1, 0.15) is 32.1 Å². The summed E-state index contributed by atoms with van der Waals surface area (Å²) < 4.78 is 6.91. The molecule has 0 unspecified atom stereocenters. The van der Waals surface area contributed by atoms with E-state index < -0.39 is 0 Å². The predicted octanol–water partition coefficient (Wildman–Crippen LogP) is 3.75. The van der Waals surface area contributed by atoms with Gasteiger partial charge in [0.05, 0.1) is 6.61 Å². The minimum atomic E-state index is 0.554. The molecule has 0 saturated heterocycles. The van der Waals surface area contributed by atoms with Gasteiger partial charge in [-0.3, -0.25) is 0 Å². The first-order valence-corrected chi connectivity index (χ1v) is 7.67. The van der Waals surface area contributed by atoms with Gasteiger partial charge in [-0.25, -0.2) is 0 Å². The van der Waals surface area contributed by atoms with Gasteiger partial charge in [0.1, 0.15) is 5.75 Å². The average Bonchev–Trinajstić information content (AvgIpc) is 3.25. The molecular weight excluding hydrogens is 290 g/mol. The van der Waals surface area contributed by atoms with E-state index in [1.807, 2.05) is 24.3 Å². The lowest BCUT2D eigenvalue weighted by atomic mass is 10.0. The number of benzene rings is 1. The molecule has 98 valence electrons. The largest absolute Gasteiger partial charge is 0.494 e. The van der Waals surface area contributed by atoms with Crippen LogP contribution in [0.5, 0.6) is 5.75 Å². The van der Waals surface area contributed by atoms with E-state index >= 15 is 0 Å². The van der Waals surface area contributed by atoms with Crippen molar-refractivity contribution in [3.63, 3.8) is 0 Å². The molecule has 0 radical (unpaired) electrons. The topological polar surface area (TPSA) is 21.3 Å². The number of halogens is 1. The summed E-state index contributed by atoms with van der Waals surface area (Å²) in [6.45, 7) is 2.04. The average molecular weight is 310 g/mol. The van der Waals surface area contributed by atoms with E-state index in [1.165, 1.54) is 38.6 Å². The van der Waals surface area contributed by atoms with Crippen molar-refractivity contribution < 1.29 is 4.74 Å². The van der Waals surface area contributed by atoms with Crippen LogP contribution in [0.2, 0.25) is 0 Å². The van der Waals surface area contributed by atoms with E-state index in [0.717, 1.165) is 22.9 Å². The van der Waals surface area contributed by atoms with E-state index in [4.69, 9.17) is 4.74 Å². The van der Waals surface area contributed by atoms with Gasteiger partial charge in [0, 0.05) is 17.1 Å². The zero-order chi connectivity index (χ0) is 12.4. The van der Waals surface area contributed by atoms with Gasteiger partial charge in [-0.05, 0) is 61.8 Å². The molecule has 3 rings (SSSR count). The third-order valence-electron chi connectivity index (χ3n) is 4.01. The van der Waals surface area contributed by atoms with Crippen LogP contribution in [0.4, 0.5) is 0 Å². The molecule has 0 aliphatic heterocycles. The highest BCUT2D eigenvalue weighted by Gasteiger charge is 2.42. The van der Waals surface area contributed by atoms with Crippen molar-refractivity contribution >= 4 is 15.9 Å². The van der Waals surface area contributed by atoms with Gasteiger partial charge in [-0.15, -0.1) is 0 Å². The maximum absolute atomic E-state index is 5.81. The van der Waals surface area contributed by atoms with Gasteiger partial charge in [-0.1, -0.05) is 15.9 Å². The zero-order valence-corrected chi connectivity index (χ0v) is 12.2. The fraction of sp³-hybridized carbons (Fsp3) is 0.600. The molecule has 1 aromatic carbocycles. The fourth-order valence-corrected chi connectivity index (χ4v) is 2.52. The van der Waals surface area contributed by atoms with Gasteiger partial charge >= 0.3 is 0 Å². The first-order chi connectivity index (χ1) is 8.76. The highest BCUT2D eigenvalue weighted by molar-refractivity contribution is 9.10. The van der Waals surface area contributed by atoms with Crippen LogP contribution in [-0.4, -0.2) is 19.2 Å². The highest BCUT2D eigenvalue weighted by atomic mass is 79.9. The van der Waals surface area contributed by atoms with Crippen molar-refractivity contribution in [2.45, 2.75) is 38.1 Å². The molecule has 3 heteroatoms. The van der Waals surface area contributed by atoms with Gasteiger partial charge < -0.3 is 10.1 Å². The lowest BCUT2D eigenvalue weighted by Gasteiger charge is -2.16. The van der Waals surface area contributed by atoms with E-state index in [1.54, 1.807) is 0 Å². The smallest absolute Gasteiger partial charge is 0.119 e. The minimum Gasteiger partial charge on any atom is -0.494 e. The standard InChI is InChI=1S/C15H20BrNO/c16-12-1-5-14(6-2-12)18-10-9-15(7-8-15)11-17-13-3-4-13/h1-2,5-6,13,17H,3-4,7-11H2. The second kappa shape index (κ2) is 5.22. The second-order valence-corrected chi connectivity index (χ2v) is 6.62. The summed E-state index contributed by atoms with van der Waals surface area (Å²) >= 11 is 3.43. The Kier molecular flexibility index (Phi) is 3.62. The lowest BCUT2D eigenvalue weighted by molar-refractivity contribution is 0.264. The van der Waals surface area contributed by atoms with Gasteiger partial charge in [-0.2, -0.15) is 0 Å². The molecule has 18 heavy (non-hydrogen) atoms. The van der Waals surface area contributed by atoms with Gasteiger partial charge in [0.2, 0.25) is 0 Å². The number of ether oxygens (including phenoxy) is 1. The molecule has 0 atom stereocenters. The van der Waals surface area contributed by atoms with Crippen LogP contribution in [-0.2, 0) is 0 Å². The summed E-state index contributed by atoms with van der Waals surface area (Å²) in [5.74, 6) is 0.976. The summed E-state index contributed by atoms with van der Waals surface area (Å²) in [4.78, 5) is 0. The Bertz CT molecular complexity index is 395. The SMILES string of the molecule is Brc1ccc(OCCC2(CNC3CC3)CC2)cc1. The van der Waals surface area contributed by atoms with Crippen LogP contribution in [0.15, 0.2) is 28.7 Å². The minimum absolute atomic E-state index is 0.554. The second-order valence-electron chi connectivity index (χ2n) is 5.71. The molecular formula is C15H20BrNO. The fourth-order valence-electron chi connectivity index (χ4n) is 2.26.